The first kappa shape index (κ1) is 25.6. The number of halogens is 1. The second kappa shape index (κ2) is 12.5. The maximum Gasteiger partial charge on any atom is 0.308 e. The van der Waals surface area contributed by atoms with Gasteiger partial charge >= 0.3 is 5.97 Å². The van der Waals surface area contributed by atoms with Crippen LogP contribution >= 0.6 is 28.1 Å². The second-order valence-electron chi connectivity index (χ2n) is 7.60. The third-order valence-electron chi connectivity index (χ3n) is 5.07. The number of benzene rings is 2. The van der Waals surface area contributed by atoms with Gasteiger partial charge in [0.2, 0.25) is 5.91 Å². The smallest absolute Gasteiger partial charge is 0.308 e. The van der Waals surface area contributed by atoms with Crippen LogP contribution in [0.5, 0.6) is 5.75 Å². The number of carbonyl (C=O) groups excluding carboxylic acids is 3. The molecule has 34 heavy (non-hydrogen) atoms. The van der Waals surface area contributed by atoms with Gasteiger partial charge < -0.3 is 19.7 Å². The summed E-state index contributed by atoms with van der Waals surface area (Å²) in [5.41, 5.74) is 1.22. The molecule has 0 aromatic heterocycles. The summed E-state index contributed by atoms with van der Waals surface area (Å²) in [6.45, 7) is 3.39. The number of ether oxygens (including phenoxy) is 2. The van der Waals surface area contributed by atoms with Gasteiger partial charge in [-0.3, -0.25) is 19.7 Å². The van der Waals surface area contributed by atoms with E-state index in [0.29, 0.717) is 35.5 Å². The van der Waals surface area contributed by atoms with Crippen LogP contribution in [0.15, 0.2) is 53.0 Å². The lowest BCUT2D eigenvalue weighted by Crippen LogP contribution is -2.60. The van der Waals surface area contributed by atoms with Gasteiger partial charge in [0.1, 0.15) is 18.4 Å². The van der Waals surface area contributed by atoms with E-state index in [9.17, 15) is 14.4 Å². The van der Waals surface area contributed by atoms with Crippen LogP contribution in [0.25, 0.3) is 0 Å². The van der Waals surface area contributed by atoms with Crippen LogP contribution in [-0.4, -0.2) is 53.5 Å². The Labute approximate surface area is 212 Å². The average Bonchev–Trinajstić information content (AvgIpc) is 2.83. The normalized spacial score (nSPS) is 15.3. The zero-order chi connectivity index (χ0) is 24.5. The number of carbonyl (C=O) groups is 3. The number of esters is 1. The lowest BCUT2D eigenvalue weighted by atomic mass is 10.1. The van der Waals surface area contributed by atoms with Crippen molar-refractivity contribution in [2.24, 2.45) is 0 Å². The van der Waals surface area contributed by atoms with Crippen molar-refractivity contribution in [1.29, 1.82) is 0 Å². The molecule has 2 amide bonds. The summed E-state index contributed by atoms with van der Waals surface area (Å²) in [5, 5.41) is 5.47. The lowest BCUT2D eigenvalue weighted by molar-refractivity contribution is -0.148. The summed E-state index contributed by atoms with van der Waals surface area (Å²) in [4.78, 5) is 39.2. The predicted molar refractivity (Wildman–Crippen MR) is 134 cm³/mol. The van der Waals surface area contributed by atoms with Crippen LogP contribution in [0.4, 0.5) is 0 Å². The number of hydrogen-bond donors (Lipinski definition) is 2. The number of nitrogens with one attached hydrogen (secondary N) is 2. The standard InChI is InChI=1S/C24H26BrN3O5S/c1-2-12-32-20-9-8-17(13-18(20)25)22(30)27-24(34)28-11-10-26-23(31)19(28)14-21(29)33-15-16-6-4-3-5-7-16/h3-9,13,19H,2,10-12,14-15H2,1H3,(H,26,31)(H,27,30,34). The zero-order valence-electron chi connectivity index (χ0n) is 18.7. The Morgan fingerprint density at radius 2 is 2.00 bits per heavy atom. The summed E-state index contributed by atoms with van der Waals surface area (Å²) >= 11 is 8.83. The summed E-state index contributed by atoms with van der Waals surface area (Å²) in [6, 6.07) is 13.4. The summed E-state index contributed by atoms with van der Waals surface area (Å²) < 4.78 is 11.6. The Hall–Kier alpha value is -2.98. The molecule has 1 atom stereocenters. The highest BCUT2D eigenvalue weighted by atomic mass is 79.9. The van der Waals surface area contributed by atoms with E-state index >= 15 is 0 Å². The van der Waals surface area contributed by atoms with Crippen molar-refractivity contribution in [3.63, 3.8) is 0 Å². The average molecular weight is 548 g/mol. The summed E-state index contributed by atoms with van der Waals surface area (Å²) in [6.07, 6.45) is 0.678. The molecule has 10 heteroatoms. The van der Waals surface area contributed by atoms with E-state index in [4.69, 9.17) is 21.7 Å². The number of piperazine rings is 1. The largest absolute Gasteiger partial charge is 0.492 e. The Balaban J connectivity index is 1.61. The number of hydrogen-bond acceptors (Lipinski definition) is 6. The van der Waals surface area contributed by atoms with Gasteiger partial charge in [0.25, 0.3) is 5.91 Å². The van der Waals surface area contributed by atoms with Gasteiger partial charge in [-0.1, -0.05) is 37.3 Å². The predicted octanol–water partition coefficient (Wildman–Crippen LogP) is 3.19. The molecule has 1 fully saturated rings. The maximum absolute atomic E-state index is 12.8. The zero-order valence-corrected chi connectivity index (χ0v) is 21.1. The van der Waals surface area contributed by atoms with Crippen molar-refractivity contribution in [3.8, 4) is 5.75 Å². The van der Waals surface area contributed by atoms with Crippen LogP contribution in [0.3, 0.4) is 0 Å². The molecule has 180 valence electrons. The van der Waals surface area contributed by atoms with E-state index in [0.717, 1.165) is 12.0 Å². The maximum atomic E-state index is 12.8. The Kier molecular flexibility index (Phi) is 9.41. The van der Waals surface area contributed by atoms with Crippen LogP contribution < -0.4 is 15.4 Å². The molecule has 8 nitrogen and oxygen atoms in total. The van der Waals surface area contributed by atoms with Gasteiger partial charge in [-0.2, -0.15) is 0 Å². The fourth-order valence-corrected chi connectivity index (χ4v) is 4.13. The molecule has 1 aliphatic rings. The number of rotatable bonds is 8. The number of thiocarbonyl (C=S) groups is 1. The molecule has 3 rings (SSSR count). The molecule has 2 N–H and O–H groups in total. The molecule has 0 saturated carbocycles. The Bertz CT molecular complexity index is 1050. The highest BCUT2D eigenvalue weighted by molar-refractivity contribution is 9.10. The van der Waals surface area contributed by atoms with E-state index in [2.05, 4.69) is 26.6 Å². The van der Waals surface area contributed by atoms with Crippen molar-refractivity contribution in [2.45, 2.75) is 32.4 Å². The third kappa shape index (κ3) is 7.01. The second-order valence-corrected chi connectivity index (χ2v) is 8.84. The van der Waals surface area contributed by atoms with Crippen molar-refractivity contribution in [1.82, 2.24) is 15.5 Å². The topological polar surface area (TPSA) is 97.0 Å². The molecular formula is C24H26BrN3O5S. The van der Waals surface area contributed by atoms with Gasteiger partial charge in [0, 0.05) is 18.7 Å². The van der Waals surface area contributed by atoms with Gasteiger partial charge in [-0.05, 0) is 58.3 Å². The molecule has 2 aromatic carbocycles. The first-order valence-electron chi connectivity index (χ1n) is 10.9. The molecule has 0 spiro atoms. The fourth-order valence-electron chi connectivity index (χ4n) is 3.33. The Morgan fingerprint density at radius 3 is 2.71 bits per heavy atom. The first-order chi connectivity index (χ1) is 16.4. The summed E-state index contributed by atoms with van der Waals surface area (Å²) in [7, 11) is 0. The molecule has 0 aliphatic carbocycles. The minimum atomic E-state index is -0.874. The van der Waals surface area contributed by atoms with Crippen LogP contribution in [0.2, 0.25) is 0 Å². The fraction of sp³-hybridized carbons (Fsp3) is 0.333. The SMILES string of the molecule is CCCOc1ccc(C(=O)NC(=S)N2CCNC(=O)C2CC(=O)OCc2ccccc2)cc1Br. The molecule has 1 unspecified atom stereocenters. The molecule has 0 bridgehead atoms. The van der Waals surface area contributed by atoms with Gasteiger partial charge in [-0.25, -0.2) is 0 Å². The third-order valence-corrected chi connectivity index (χ3v) is 6.03. The molecule has 2 aromatic rings. The van der Waals surface area contributed by atoms with E-state index < -0.39 is 17.9 Å². The lowest BCUT2D eigenvalue weighted by Gasteiger charge is -2.36. The van der Waals surface area contributed by atoms with Crippen LogP contribution in [-0.2, 0) is 20.9 Å². The van der Waals surface area contributed by atoms with Crippen molar-refractivity contribution >= 4 is 51.0 Å². The van der Waals surface area contributed by atoms with Crippen molar-refractivity contribution < 1.29 is 23.9 Å². The van der Waals surface area contributed by atoms with E-state index in [1.165, 1.54) is 0 Å². The molecule has 1 saturated heterocycles. The summed E-state index contributed by atoms with van der Waals surface area (Å²) in [5.74, 6) is -0.664. The molecular weight excluding hydrogens is 522 g/mol. The van der Waals surface area contributed by atoms with Crippen molar-refractivity contribution in [2.75, 3.05) is 19.7 Å². The van der Waals surface area contributed by atoms with E-state index in [1.807, 2.05) is 37.3 Å². The van der Waals surface area contributed by atoms with Crippen LogP contribution in [0, 0.1) is 0 Å². The van der Waals surface area contributed by atoms with Gasteiger partial charge in [0.15, 0.2) is 5.11 Å². The molecule has 1 aliphatic heterocycles. The van der Waals surface area contributed by atoms with Crippen LogP contribution in [0.1, 0.15) is 35.7 Å². The van der Waals surface area contributed by atoms with E-state index in [1.54, 1.807) is 23.1 Å². The van der Waals surface area contributed by atoms with Gasteiger partial charge in [-0.15, -0.1) is 0 Å². The Morgan fingerprint density at radius 1 is 1.24 bits per heavy atom. The highest BCUT2D eigenvalue weighted by Crippen LogP contribution is 2.26. The van der Waals surface area contributed by atoms with Crippen molar-refractivity contribution in [3.05, 3.63) is 64.1 Å². The number of amides is 2. The quantitative estimate of drug-likeness (QED) is 0.387. The van der Waals surface area contributed by atoms with E-state index in [-0.39, 0.29) is 24.0 Å². The highest BCUT2D eigenvalue weighted by Gasteiger charge is 2.34. The minimum absolute atomic E-state index is 0.0724. The molecule has 1 heterocycles. The first-order valence-corrected chi connectivity index (χ1v) is 12.1. The number of nitrogens with zero attached hydrogens (tertiary/aromatic N) is 1. The van der Waals surface area contributed by atoms with Gasteiger partial charge in [0.05, 0.1) is 17.5 Å². The monoisotopic (exact) mass is 547 g/mol. The molecule has 0 radical (unpaired) electrons. The minimum Gasteiger partial charge on any atom is -0.492 e.